The standard InChI is InChI=1S/C26H28N4O2S/c1-18-12-22(20(3)30(18)19(2)16-32-4)14-23(15-27)26(31)29-24-9-7-8-21(13-24)17-33-25-10-5-6-11-28-25/h5-14,19H,16-17H2,1-4H3,(H,29,31)/b23-14-. The van der Waals surface area contributed by atoms with Gasteiger partial charge in [-0.1, -0.05) is 18.2 Å². The van der Waals surface area contributed by atoms with Crippen molar-refractivity contribution in [2.24, 2.45) is 0 Å². The van der Waals surface area contributed by atoms with E-state index in [2.05, 4.69) is 21.8 Å². The van der Waals surface area contributed by atoms with E-state index in [0.717, 1.165) is 33.3 Å². The molecule has 0 bridgehead atoms. The number of nitrogens with one attached hydrogen (secondary N) is 1. The van der Waals surface area contributed by atoms with Gasteiger partial charge in [0.15, 0.2) is 0 Å². The van der Waals surface area contributed by atoms with Gasteiger partial charge in [-0.2, -0.15) is 5.26 Å². The molecule has 1 atom stereocenters. The van der Waals surface area contributed by atoms with Gasteiger partial charge in [-0.25, -0.2) is 4.98 Å². The molecule has 7 heteroatoms. The molecule has 1 aromatic carbocycles. The second-order valence-corrected chi connectivity index (χ2v) is 8.78. The van der Waals surface area contributed by atoms with Gasteiger partial charge in [0.25, 0.3) is 5.91 Å². The van der Waals surface area contributed by atoms with E-state index in [0.29, 0.717) is 12.3 Å². The second kappa shape index (κ2) is 11.5. The molecular weight excluding hydrogens is 432 g/mol. The van der Waals surface area contributed by atoms with E-state index in [-0.39, 0.29) is 11.6 Å². The number of hydrogen-bond acceptors (Lipinski definition) is 5. The minimum atomic E-state index is -0.429. The highest BCUT2D eigenvalue weighted by atomic mass is 32.2. The van der Waals surface area contributed by atoms with Crippen LogP contribution in [0.1, 0.15) is 35.5 Å². The first-order valence-electron chi connectivity index (χ1n) is 10.7. The number of hydrogen-bond donors (Lipinski definition) is 1. The molecule has 0 spiro atoms. The van der Waals surface area contributed by atoms with Crippen LogP contribution in [0.15, 0.2) is 65.3 Å². The number of nitrogens with zero attached hydrogens (tertiary/aromatic N) is 3. The predicted octanol–water partition coefficient (Wildman–Crippen LogP) is 5.55. The van der Waals surface area contributed by atoms with E-state index in [1.807, 2.05) is 68.4 Å². The molecule has 0 aliphatic carbocycles. The summed E-state index contributed by atoms with van der Waals surface area (Å²) in [6.45, 7) is 6.66. The Bertz CT molecular complexity index is 1180. The van der Waals surface area contributed by atoms with E-state index in [1.165, 1.54) is 0 Å². The van der Waals surface area contributed by atoms with E-state index in [1.54, 1.807) is 31.1 Å². The fourth-order valence-electron chi connectivity index (χ4n) is 3.77. The van der Waals surface area contributed by atoms with Crippen LogP contribution in [0.25, 0.3) is 6.08 Å². The summed E-state index contributed by atoms with van der Waals surface area (Å²) in [7, 11) is 1.68. The summed E-state index contributed by atoms with van der Waals surface area (Å²) in [6, 6.07) is 17.6. The first-order chi connectivity index (χ1) is 15.9. The number of aromatic nitrogens is 2. The van der Waals surface area contributed by atoms with Gasteiger partial charge in [0, 0.05) is 36.1 Å². The zero-order valence-corrected chi connectivity index (χ0v) is 20.1. The summed E-state index contributed by atoms with van der Waals surface area (Å²) in [5.41, 5.74) is 4.66. The van der Waals surface area contributed by atoms with Crippen molar-refractivity contribution in [2.45, 2.75) is 37.6 Å². The van der Waals surface area contributed by atoms with Crippen molar-refractivity contribution in [3.8, 4) is 6.07 Å². The third kappa shape index (κ3) is 6.35. The minimum Gasteiger partial charge on any atom is -0.383 e. The molecule has 0 aliphatic rings. The quantitative estimate of drug-likeness (QED) is 0.257. The van der Waals surface area contributed by atoms with Crippen LogP contribution in [0.5, 0.6) is 0 Å². The Kier molecular flexibility index (Phi) is 8.47. The fourth-order valence-corrected chi connectivity index (χ4v) is 4.58. The molecule has 1 unspecified atom stereocenters. The molecule has 3 aromatic rings. The molecule has 33 heavy (non-hydrogen) atoms. The van der Waals surface area contributed by atoms with Gasteiger partial charge in [-0.15, -0.1) is 11.8 Å². The Morgan fingerprint density at radius 1 is 1.27 bits per heavy atom. The number of benzene rings is 1. The number of amides is 1. The lowest BCUT2D eigenvalue weighted by Crippen LogP contribution is -2.14. The molecule has 170 valence electrons. The van der Waals surface area contributed by atoms with E-state index in [4.69, 9.17) is 4.74 Å². The molecule has 1 amide bonds. The van der Waals surface area contributed by atoms with Crippen LogP contribution in [-0.2, 0) is 15.3 Å². The monoisotopic (exact) mass is 460 g/mol. The van der Waals surface area contributed by atoms with Crippen molar-refractivity contribution in [3.63, 3.8) is 0 Å². The fraction of sp³-hybridized carbons (Fsp3) is 0.269. The van der Waals surface area contributed by atoms with Crippen molar-refractivity contribution in [1.82, 2.24) is 9.55 Å². The molecule has 0 saturated carbocycles. The lowest BCUT2D eigenvalue weighted by atomic mass is 10.1. The molecule has 2 aromatic heterocycles. The largest absolute Gasteiger partial charge is 0.383 e. The van der Waals surface area contributed by atoms with E-state index < -0.39 is 5.91 Å². The first kappa shape index (κ1) is 24.3. The number of carbonyl (C=O) groups excluding carboxylic acids is 1. The Balaban J connectivity index is 1.73. The zero-order chi connectivity index (χ0) is 23.8. The average molecular weight is 461 g/mol. The van der Waals surface area contributed by atoms with Gasteiger partial charge in [-0.05, 0) is 68.3 Å². The molecule has 0 saturated heterocycles. The van der Waals surface area contributed by atoms with Gasteiger partial charge >= 0.3 is 0 Å². The maximum Gasteiger partial charge on any atom is 0.266 e. The lowest BCUT2D eigenvalue weighted by molar-refractivity contribution is -0.112. The summed E-state index contributed by atoms with van der Waals surface area (Å²) in [5, 5.41) is 13.4. The summed E-state index contributed by atoms with van der Waals surface area (Å²) < 4.78 is 7.44. The predicted molar refractivity (Wildman–Crippen MR) is 133 cm³/mol. The molecule has 6 nitrogen and oxygen atoms in total. The Morgan fingerprint density at radius 3 is 2.79 bits per heavy atom. The number of methoxy groups -OCH3 is 1. The van der Waals surface area contributed by atoms with Crippen molar-refractivity contribution in [2.75, 3.05) is 19.0 Å². The summed E-state index contributed by atoms with van der Waals surface area (Å²) in [4.78, 5) is 17.1. The average Bonchev–Trinajstić information content (AvgIpc) is 3.09. The van der Waals surface area contributed by atoms with E-state index in [9.17, 15) is 10.1 Å². The van der Waals surface area contributed by atoms with E-state index >= 15 is 0 Å². The molecule has 3 rings (SSSR count). The highest BCUT2D eigenvalue weighted by molar-refractivity contribution is 7.98. The van der Waals surface area contributed by atoms with Crippen LogP contribution >= 0.6 is 11.8 Å². The molecule has 0 aliphatic heterocycles. The van der Waals surface area contributed by atoms with Crippen LogP contribution < -0.4 is 5.32 Å². The van der Waals surface area contributed by atoms with Crippen LogP contribution in [0, 0.1) is 25.2 Å². The maximum absolute atomic E-state index is 12.8. The van der Waals surface area contributed by atoms with Gasteiger partial charge < -0.3 is 14.6 Å². The number of aryl methyl sites for hydroxylation is 1. The summed E-state index contributed by atoms with van der Waals surface area (Å²) in [6.07, 6.45) is 3.42. The normalized spacial score (nSPS) is 12.3. The number of rotatable bonds is 9. The number of carbonyl (C=O) groups is 1. The molecular formula is C26H28N4O2S. The van der Waals surface area contributed by atoms with Crippen LogP contribution in [0.3, 0.4) is 0 Å². The Hall–Kier alpha value is -3.34. The highest BCUT2D eigenvalue weighted by Crippen LogP contribution is 2.24. The van der Waals surface area contributed by atoms with Crippen LogP contribution in [-0.4, -0.2) is 29.2 Å². The van der Waals surface area contributed by atoms with Crippen LogP contribution in [0.4, 0.5) is 5.69 Å². The van der Waals surface area contributed by atoms with Crippen molar-refractivity contribution in [3.05, 3.63) is 82.8 Å². The van der Waals surface area contributed by atoms with Gasteiger partial charge in [0.2, 0.25) is 0 Å². The third-order valence-corrected chi connectivity index (χ3v) is 6.26. The van der Waals surface area contributed by atoms with Gasteiger partial charge in [-0.3, -0.25) is 4.79 Å². The molecule has 0 radical (unpaired) electrons. The van der Waals surface area contributed by atoms with Gasteiger partial charge in [0.05, 0.1) is 17.7 Å². The molecule has 2 heterocycles. The number of pyridine rings is 1. The minimum absolute atomic E-state index is 0.0582. The summed E-state index contributed by atoms with van der Waals surface area (Å²) >= 11 is 1.63. The smallest absolute Gasteiger partial charge is 0.266 e. The molecule has 1 N–H and O–H groups in total. The third-order valence-electron chi connectivity index (χ3n) is 5.25. The number of anilines is 1. The maximum atomic E-state index is 12.8. The SMILES string of the molecule is COCC(C)n1c(C)cc(/C=C(/C#N)C(=O)Nc2cccc(CSc3ccccn3)c2)c1C. The van der Waals surface area contributed by atoms with Crippen molar-refractivity contribution >= 4 is 29.4 Å². The Labute approximate surface area is 199 Å². The highest BCUT2D eigenvalue weighted by Gasteiger charge is 2.16. The first-order valence-corrected chi connectivity index (χ1v) is 11.6. The molecule has 0 fully saturated rings. The van der Waals surface area contributed by atoms with Crippen LogP contribution in [0.2, 0.25) is 0 Å². The lowest BCUT2D eigenvalue weighted by Gasteiger charge is -2.17. The summed E-state index contributed by atoms with van der Waals surface area (Å²) in [5.74, 6) is 0.301. The van der Waals surface area contributed by atoms with Crippen molar-refractivity contribution in [1.29, 1.82) is 5.26 Å². The zero-order valence-electron chi connectivity index (χ0n) is 19.3. The van der Waals surface area contributed by atoms with Crippen molar-refractivity contribution < 1.29 is 9.53 Å². The number of thioether (sulfide) groups is 1. The number of nitriles is 1. The Morgan fingerprint density at radius 2 is 2.09 bits per heavy atom. The second-order valence-electron chi connectivity index (χ2n) is 7.78. The van der Waals surface area contributed by atoms with Gasteiger partial charge in [0.1, 0.15) is 11.6 Å². The number of ether oxygens (including phenoxy) is 1. The topological polar surface area (TPSA) is 79.9 Å².